The number of nitrogens with one attached hydrogen (secondary N) is 2. The Morgan fingerprint density at radius 1 is 1.20 bits per heavy atom. The molecule has 20 heavy (non-hydrogen) atoms. The van der Waals surface area contributed by atoms with Gasteiger partial charge in [-0.1, -0.05) is 13.8 Å². The standard InChI is InChI=1S/C14H25N5O/c1-13(2)4-6-14(20,7-5-13)9-17-11-8-10(16-3)18-12(15)19-11/h8,20H,4-7,9H2,1-3H3,(H4,15,16,17,18,19). The molecule has 0 radical (unpaired) electrons. The average Bonchev–Trinajstić information content (AvgIpc) is 2.40. The highest BCUT2D eigenvalue weighted by molar-refractivity contribution is 5.50. The van der Waals surface area contributed by atoms with Crippen LogP contribution in [0.25, 0.3) is 0 Å². The van der Waals surface area contributed by atoms with Crippen LogP contribution in [0.1, 0.15) is 39.5 Å². The van der Waals surface area contributed by atoms with E-state index in [0.717, 1.165) is 25.7 Å². The largest absolute Gasteiger partial charge is 0.388 e. The van der Waals surface area contributed by atoms with Crippen molar-refractivity contribution in [2.24, 2.45) is 5.41 Å². The topological polar surface area (TPSA) is 96.1 Å². The van der Waals surface area contributed by atoms with Crippen molar-refractivity contribution in [1.82, 2.24) is 9.97 Å². The zero-order valence-corrected chi connectivity index (χ0v) is 12.5. The number of rotatable bonds is 4. The van der Waals surface area contributed by atoms with Gasteiger partial charge in [-0.25, -0.2) is 0 Å². The van der Waals surface area contributed by atoms with E-state index in [4.69, 9.17) is 5.73 Å². The SMILES string of the molecule is CNc1cc(NCC2(O)CCC(C)(C)CC2)nc(N)n1. The molecule has 5 N–H and O–H groups in total. The van der Waals surface area contributed by atoms with Gasteiger partial charge in [0, 0.05) is 19.7 Å². The number of nitrogens with zero attached hydrogens (tertiary/aromatic N) is 2. The van der Waals surface area contributed by atoms with Gasteiger partial charge in [-0.2, -0.15) is 9.97 Å². The first-order valence-electron chi connectivity index (χ1n) is 7.11. The van der Waals surface area contributed by atoms with Crippen LogP contribution in [-0.4, -0.2) is 34.3 Å². The van der Waals surface area contributed by atoms with E-state index < -0.39 is 5.60 Å². The predicted molar refractivity (Wildman–Crippen MR) is 81.7 cm³/mol. The predicted octanol–water partition coefficient (Wildman–Crippen LogP) is 1.84. The Morgan fingerprint density at radius 3 is 2.40 bits per heavy atom. The molecule has 1 saturated carbocycles. The summed E-state index contributed by atoms with van der Waals surface area (Å²) in [7, 11) is 1.78. The van der Waals surface area contributed by atoms with Gasteiger partial charge in [0.2, 0.25) is 5.95 Å². The van der Waals surface area contributed by atoms with Crippen LogP contribution in [0.5, 0.6) is 0 Å². The highest BCUT2D eigenvalue weighted by Crippen LogP contribution is 2.40. The molecule has 1 aliphatic rings. The Balaban J connectivity index is 1.97. The second kappa shape index (κ2) is 5.44. The number of anilines is 3. The van der Waals surface area contributed by atoms with Gasteiger partial charge in [-0.3, -0.25) is 0 Å². The summed E-state index contributed by atoms with van der Waals surface area (Å²) in [6.07, 6.45) is 3.70. The van der Waals surface area contributed by atoms with Crippen LogP contribution in [0.3, 0.4) is 0 Å². The maximum atomic E-state index is 10.6. The summed E-state index contributed by atoms with van der Waals surface area (Å²) in [5.74, 6) is 1.52. The molecular weight excluding hydrogens is 254 g/mol. The average molecular weight is 279 g/mol. The Hall–Kier alpha value is -1.56. The van der Waals surface area contributed by atoms with Crippen molar-refractivity contribution in [3.05, 3.63) is 6.07 Å². The summed E-state index contributed by atoms with van der Waals surface area (Å²) in [5.41, 5.74) is 5.33. The lowest BCUT2D eigenvalue weighted by Gasteiger charge is -2.40. The summed E-state index contributed by atoms with van der Waals surface area (Å²) in [4.78, 5) is 8.17. The highest BCUT2D eigenvalue weighted by Gasteiger charge is 2.36. The van der Waals surface area contributed by atoms with E-state index in [1.54, 1.807) is 13.1 Å². The van der Waals surface area contributed by atoms with Gasteiger partial charge >= 0.3 is 0 Å². The number of hydrogen-bond acceptors (Lipinski definition) is 6. The third kappa shape index (κ3) is 3.72. The van der Waals surface area contributed by atoms with E-state index in [9.17, 15) is 5.11 Å². The Kier molecular flexibility index (Phi) is 4.04. The summed E-state index contributed by atoms with van der Waals surface area (Å²) in [6, 6.07) is 1.78. The van der Waals surface area contributed by atoms with Gasteiger partial charge in [0.1, 0.15) is 11.6 Å². The van der Waals surface area contributed by atoms with Gasteiger partial charge in [0.25, 0.3) is 0 Å². The molecule has 1 heterocycles. The van der Waals surface area contributed by atoms with Gasteiger partial charge in [0.15, 0.2) is 0 Å². The minimum atomic E-state index is -0.658. The van der Waals surface area contributed by atoms with Gasteiger partial charge in [-0.05, 0) is 31.1 Å². The van der Waals surface area contributed by atoms with E-state index in [1.165, 1.54) is 0 Å². The fourth-order valence-corrected chi connectivity index (χ4v) is 2.51. The molecule has 0 aromatic carbocycles. The van der Waals surface area contributed by atoms with Gasteiger partial charge < -0.3 is 21.5 Å². The first-order valence-corrected chi connectivity index (χ1v) is 7.11. The van der Waals surface area contributed by atoms with Crippen LogP contribution in [0.15, 0.2) is 6.07 Å². The normalized spacial score (nSPS) is 20.4. The van der Waals surface area contributed by atoms with Crippen molar-refractivity contribution in [3.8, 4) is 0 Å². The third-order valence-electron chi connectivity index (χ3n) is 4.13. The Labute approximate surface area is 120 Å². The van der Waals surface area contributed by atoms with Crippen LogP contribution >= 0.6 is 0 Å². The molecule has 0 bridgehead atoms. The van der Waals surface area contributed by atoms with Crippen molar-refractivity contribution in [2.45, 2.75) is 45.1 Å². The van der Waals surface area contributed by atoms with E-state index in [2.05, 4.69) is 34.4 Å². The Morgan fingerprint density at radius 2 is 1.80 bits per heavy atom. The Bertz CT molecular complexity index is 465. The molecule has 1 fully saturated rings. The van der Waals surface area contributed by atoms with E-state index >= 15 is 0 Å². The quantitative estimate of drug-likeness (QED) is 0.671. The molecule has 6 nitrogen and oxygen atoms in total. The maximum Gasteiger partial charge on any atom is 0.223 e. The van der Waals surface area contributed by atoms with Gasteiger partial charge in [0.05, 0.1) is 5.60 Å². The van der Waals surface area contributed by atoms with Crippen molar-refractivity contribution >= 4 is 17.6 Å². The number of aliphatic hydroxyl groups is 1. The molecule has 112 valence electrons. The minimum Gasteiger partial charge on any atom is -0.388 e. The van der Waals surface area contributed by atoms with Crippen molar-refractivity contribution in [3.63, 3.8) is 0 Å². The van der Waals surface area contributed by atoms with E-state index in [-0.39, 0.29) is 5.95 Å². The lowest BCUT2D eigenvalue weighted by atomic mass is 9.71. The molecule has 1 aromatic rings. The van der Waals surface area contributed by atoms with Crippen LogP contribution < -0.4 is 16.4 Å². The smallest absolute Gasteiger partial charge is 0.223 e. The first-order chi connectivity index (χ1) is 9.32. The number of hydrogen-bond donors (Lipinski definition) is 4. The van der Waals surface area contributed by atoms with Crippen LogP contribution in [0.2, 0.25) is 0 Å². The van der Waals surface area contributed by atoms with Gasteiger partial charge in [-0.15, -0.1) is 0 Å². The lowest BCUT2D eigenvalue weighted by molar-refractivity contribution is -0.0145. The molecule has 0 spiro atoms. The first kappa shape index (κ1) is 14.8. The number of nitrogens with two attached hydrogens (primary N) is 1. The molecular formula is C14H25N5O. The molecule has 2 rings (SSSR count). The van der Waals surface area contributed by atoms with Crippen LogP contribution in [0, 0.1) is 5.41 Å². The minimum absolute atomic E-state index is 0.219. The summed E-state index contributed by atoms with van der Waals surface area (Å²) < 4.78 is 0. The molecule has 0 atom stereocenters. The third-order valence-corrected chi connectivity index (χ3v) is 4.13. The lowest BCUT2D eigenvalue weighted by Crippen LogP contribution is -2.42. The second-order valence-electron chi connectivity index (χ2n) is 6.49. The fraction of sp³-hybridized carbons (Fsp3) is 0.714. The zero-order chi connectivity index (χ0) is 14.8. The number of nitrogen functional groups attached to an aromatic ring is 1. The molecule has 1 aliphatic carbocycles. The summed E-state index contributed by atoms with van der Waals surface area (Å²) in [6.45, 7) is 5.00. The van der Waals surface area contributed by atoms with E-state index in [0.29, 0.717) is 23.6 Å². The summed E-state index contributed by atoms with van der Waals surface area (Å²) in [5, 5.41) is 16.7. The van der Waals surface area contributed by atoms with Crippen molar-refractivity contribution in [1.29, 1.82) is 0 Å². The monoisotopic (exact) mass is 279 g/mol. The fourth-order valence-electron chi connectivity index (χ4n) is 2.51. The maximum absolute atomic E-state index is 10.6. The zero-order valence-electron chi connectivity index (χ0n) is 12.5. The van der Waals surface area contributed by atoms with Crippen molar-refractivity contribution < 1.29 is 5.11 Å². The molecule has 6 heteroatoms. The van der Waals surface area contributed by atoms with Crippen LogP contribution in [0.4, 0.5) is 17.6 Å². The number of aromatic nitrogens is 2. The molecule has 0 saturated heterocycles. The highest BCUT2D eigenvalue weighted by atomic mass is 16.3. The molecule has 0 unspecified atom stereocenters. The van der Waals surface area contributed by atoms with E-state index in [1.807, 2.05) is 0 Å². The molecule has 0 amide bonds. The molecule has 1 aromatic heterocycles. The second-order valence-corrected chi connectivity index (χ2v) is 6.49. The van der Waals surface area contributed by atoms with Crippen LogP contribution in [-0.2, 0) is 0 Å². The van der Waals surface area contributed by atoms with Crippen molar-refractivity contribution in [2.75, 3.05) is 30.0 Å². The molecule has 0 aliphatic heterocycles. The summed E-state index contributed by atoms with van der Waals surface area (Å²) >= 11 is 0.